The van der Waals surface area contributed by atoms with Crippen LogP contribution < -0.4 is 4.72 Å². The van der Waals surface area contributed by atoms with Gasteiger partial charge in [0.2, 0.25) is 10.0 Å². The van der Waals surface area contributed by atoms with Gasteiger partial charge in [-0.15, -0.1) is 0 Å². The summed E-state index contributed by atoms with van der Waals surface area (Å²) in [6.45, 7) is 1.39. The summed E-state index contributed by atoms with van der Waals surface area (Å²) in [6, 6.07) is 0.231. The molecule has 1 saturated carbocycles. The van der Waals surface area contributed by atoms with Gasteiger partial charge in [0.15, 0.2) is 0 Å². The SMILES string of the molecule is O=S(=O)(Nc1cnn(C2CCOC2)c1)C1CC1. The number of nitrogens with zero attached hydrogens (tertiary/aromatic N) is 2. The van der Waals surface area contributed by atoms with Gasteiger partial charge in [-0.3, -0.25) is 9.40 Å². The first-order chi connectivity index (χ1) is 8.15. The molecule has 1 aromatic heterocycles. The van der Waals surface area contributed by atoms with Gasteiger partial charge in [-0.1, -0.05) is 0 Å². The van der Waals surface area contributed by atoms with Gasteiger partial charge in [0.1, 0.15) is 0 Å². The maximum Gasteiger partial charge on any atom is 0.235 e. The maximum absolute atomic E-state index is 11.7. The Labute approximate surface area is 100 Å². The van der Waals surface area contributed by atoms with Crippen LogP contribution in [0.3, 0.4) is 0 Å². The Bertz CT molecular complexity index is 501. The second-order valence-corrected chi connectivity index (χ2v) is 6.53. The van der Waals surface area contributed by atoms with Crippen LogP contribution in [0.15, 0.2) is 12.4 Å². The summed E-state index contributed by atoms with van der Waals surface area (Å²) < 4.78 is 33.1. The van der Waals surface area contributed by atoms with E-state index in [0.29, 0.717) is 12.3 Å². The largest absolute Gasteiger partial charge is 0.379 e. The summed E-state index contributed by atoms with van der Waals surface area (Å²) in [7, 11) is -3.18. The normalized spacial score (nSPS) is 25.1. The van der Waals surface area contributed by atoms with E-state index in [1.54, 1.807) is 17.1 Å². The zero-order valence-corrected chi connectivity index (χ0v) is 10.2. The summed E-state index contributed by atoms with van der Waals surface area (Å²) in [5.74, 6) is 0. The van der Waals surface area contributed by atoms with Gasteiger partial charge in [-0.2, -0.15) is 5.10 Å². The summed E-state index contributed by atoms with van der Waals surface area (Å²) in [5.41, 5.74) is 0.545. The topological polar surface area (TPSA) is 73.2 Å². The van der Waals surface area contributed by atoms with Crippen molar-refractivity contribution < 1.29 is 13.2 Å². The molecule has 1 atom stereocenters. The number of sulfonamides is 1. The Kier molecular flexibility index (Phi) is 2.59. The van der Waals surface area contributed by atoms with Crippen LogP contribution in [0.2, 0.25) is 0 Å². The highest BCUT2D eigenvalue weighted by atomic mass is 32.2. The van der Waals surface area contributed by atoms with Crippen molar-refractivity contribution in [2.45, 2.75) is 30.6 Å². The first-order valence-corrected chi connectivity index (χ1v) is 7.33. The molecule has 0 bridgehead atoms. The van der Waals surface area contributed by atoms with E-state index in [1.807, 2.05) is 0 Å². The number of anilines is 1. The quantitative estimate of drug-likeness (QED) is 0.863. The van der Waals surface area contributed by atoms with Crippen molar-refractivity contribution in [3.05, 3.63) is 12.4 Å². The van der Waals surface area contributed by atoms with Crippen molar-refractivity contribution >= 4 is 15.7 Å². The van der Waals surface area contributed by atoms with Crippen LogP contribution in [0, 0.1) is 0 Å². The second-order valence-electron chi connectivity index (χ2n) is 4.57. The standard InChI is InChI=1S/C10H15N3O3S/c14-17(15,10-1-2-10)12-8-5-11-13(6-8)9-3-4-16-7-9/h5-6,9-10,12H,1-4,7H2. The Morgan fingerprint density at radius 1 is 1.41 bits per heavy atom. The monoisotopic (exact) mass is 257 g/mol. The Morgan fingerprint density at radius 2 is 2.24 bits per heavy atom. The molecule has 0 amide bonds. The summed E-state index contributed by atoms with van der Waals surface area (Å²) in [4.78, 5) is 0. The average Bonchev–Trinajstić information content (AvgIpc) is 2.84. The molecule has 0 spiro atoms. The minimum Gasteiger partial charge on any atom is -0.379 e. The van der Waals surface area contributed by atoms with Gasteiger partial charge >= 0.3 is 0 Å². The summed E-state index contributed by atoms with van der Waals surface area (Å²) in [6.07, 6.45) is 5.74. The van der Waals surface area contributed by atoms with Crippen LogP contribution in [0.5, 0.6) is 0 Å². The van der Waals surface area contributed by atoms with Crippen LogP contribution in [-0.4, -0.2) is 36.7 Å². The van der Waals surface area contributed by atoms with Crippen LogP contribution in [0.25, 0.3) is 0 Å². The summed E-state index contributed by atoms with van der Waals surface area (Å²) in [5, 5.41) is 3.96. The molecule has 1 aliphatic carbocycles. The molecule has 0 radical (unpaired) electrons. The molecule has 2 heterocycles. The molecule has 1 N–H and O–H groups in total. The lowest BCUT2D eigenvalue weighted by atomic mass is 10.3. The minimum atomic E-state index is -3.18. The molecular formula is C10H15N3O3S. The summed E-state index contributed by atoms with van der Waals surface area (Å²) >= 11 is 0. The molecule has 94 valence electrons. The second kappa shape index (κ2) is 3.99. The lowest BCUT2D eigenvalue weighted by molar-refractivity contribution is 0.184. The molecule has 2 aliphatic rings. The molecule has 1 saturated heterocycles. The number of nitrogens with one attached hydrogen (secondary N) is 1. The molecule has 1 aromatic rings. The molecular weight excluding hydrogens is 242 g/mol. The highest BCUT2D eigenvalue weighted by molar-refractivity contribution is 7.93. The predicted octanol–water partition coefficient (Wildman–Crippen LogP) is 0.749. The van der Waals surface area contributed by atoms with Crippen molar-refractivity contribution in [3.8, 4) is 0 Å². The van der Waals surface area contributed by atoms with Crippen molar-refractivity contribution in [1.29, 1.82) is 0 Å². The van der Waals surface area contributed by atoms with E-state index in [4.69, 9.17) is 4.74 Å². The number of ether oxygens (including phenoxy) is 1. The van der Waals surface area contributed by atoms with E-state index < -0.39 is 10.0 Å². The van der Waals surface area contributed by atoms with Crippen molar-refractivity contribution in [1.82, 2.24) is 9.78 Å². The number of rotatable bonds is 4. The van der Waals surface area contributed by atoms with Crippen LogP contribution >= 0.6 is 0 Å². The molecule has 1 aliphatic heterocycles. The van der Waals surface area contributed by atoms with Crippen LogP contribution in [0.1, 0.15) is 25.3 Å². The van der Waals surface area contributed by atoms with Crippen LogP contribution in [0.4, 0.5) is 5.69 Å². The van der Waals surface area contributed by atoms with Gasteiger partial charge in [0, 0.05) is 12.8 Å². The number of aromatic nitrogens is 2. The molecule has 0 aromatic carbocycles. The van der Waals surface area contributed by atoms with Crippen molar-refractivity contribution in [3.63, 3.8) is 0 Å². The highest BCUT2D eigenvalue weighted by Gasteiger charge is 2.36. The number of hydrogen-bond donors (Lipinski definition) is 1. The molecule has 7 heteroatoms. The van der Waals surface area contributed by atoms with Gasteiger partial charge in [0.05, 0.1) is 29.8 Å². The van der Waals surface area contributed by atoms with E-state index in [2.05, 4.69) is 9.82 Å². The Hall–Kier alpha value is -1.08. The third kappa shape index (κ3) is 2.30. The first-order valence-electron chi connectivity index (χ1n) is 5.79. The molecule has 6 nitrogen and oxygen atoms in total. The van der Waals surface area contributed by atoms with E-state index in [0.717, 1.165) is 25.9 Å². The molecule has 17 heavy (non-hydrogen) atoms. The Morgan fingerprint density at radius 3 is 2.88 bits per heavy atom. The third-order valence-corrected chi connectivity index (χ3v) is 4.97. The van der Waals surface area contributed by atoms with Crippen molar-refractivity contribution in [2.24, 2.45) is 0 Å². The van der Waals surface area contributed by atoms with E-state index in [-0.39, 0.29) is 11.3 Å². The zero-order chi connectivity index (χ0) is 11.9. The smallest absolute Gasteiger partial charge is 0.235 e. The zero-order valence-electron chi connectivity index (χ0n) is 9.37. The van der Waals surface area contributed by atoms with Gasteiger partial charge in [0.25, 0.3) is 0 Å². The van der Waals surface area contributed by atoms with Gasteiger partial charge in [-0.05, 0) is 19.3 Å². The third-order valence-electron chi connectivity index (χ3n) is 3.10. The lowest BCUT2D eigenvalue weighted by Gasteiger charge is -2.07. The fourth-order valence-electron chi connectivity index (χ4n) is 1.95. The molecule has 2 fully saturated rings. The van der Waals surface area contributed by atoms with E-state index in [9.17, 15) is 8.42 Å². The highest BCUT2D eigenvalue weighted by Crippen LogP contribution is 2.30. The average molecular weight is 257 g/mol. The van der Waals surface area contributed by atoms with E-state index >= 15 is 0 Å². The fourth-order valence-corrected chi connectivity index (χ4v) is 3.30. The lowest BCUT2D eigenvalue weighted by Crippen LogP contribution is -2.17. The van der Waals surface area contributed by atoms with Gasteiger partial charge < -0.3 is 4.74 Å². The first kappa shape index (κ1) is 11.0. The number of hydrogen-bond acceptors (Lipinski definition) is 4. The minimum absolute atomic E-state index is 0.208. The Balaban J connectivity index is 1.71. The van der Waals surface area contributed by atoms with Crippen LogP contribution in [-0.2, 0) is 14.8 Å². The van der Waals surface area contributed by atoms with Crippen molar-refractivity contribution in [2.75, 3.05) is 17.9 Å². The fraction of sp³-hybridized carbons (Fsp3) is 0.700. The molecule has 1 unspecified atom stereocenters. The predicted molar refractivity (Wildman–Crippen MR) is 62.3 cm³/mol. The molecule has 3 rings (SSSR count). The van der Waals surface area contributed by atoms with Gasteiger partial charge in [-0.25, -0.2) is 8.42 Å². The maximum atomic E-state index is 11.7. The van der Waals surface area contributed by atoms with E-state index in [1.165, 1.54) is 0 Å².